The van der Waals surface area contributed by atoms with Crippen molar-refractivity contribution in [3.05, 3.63) is 54.1 Å². The van der Waals surface area contributed by atoms with Gasteiger partial charge in [0.1, 0.15) is 11.3 Å². The molecule has 160 valence electrons. The molecule has 0 aliphatic heterocycles. The van der Waals surface area contributed by atoms with Crippen LogP contribution in [0, 0.1) is 0 Å². The number of likely N-dealkylation sites (N-methyl/N-ethyl adjacent to an activating group) is 1. The van der Waals surface area contributed by atoms with Gasteiger partial charge in [0.2, 0.25) is 0 Å². The maximum Gasteiger partial charge on any atom is 0.253 e. The second-order valence-corrected chi connectivity index (χ2v) is 7.97. The number of amides is 1. The van der Waals surface area contributed by atoms with Gasteiger partial charge in [0, 0.05) is 17.3 Å². The average Bonchev–Trinajstić information content (AvgIpc) is 2.75. The molecule has 31 heavy (non-hydrogen) atoms. The topological polar surface area (TPSA) is 87.6 Å². The van der Waals surface area contributed by atoms with Crippen LogP contribution in [-0.4, -0.2) is 65.8 Å². The smallest absolute Gasteiger partial charge is 0.253 e. The number of aliphatic hydroxyl groups is 1. The molecule has 7 nitrogen and oxygen atoms in total. The zero-order valence-electron chi connectivity index (χ0n) is 18.1. The van der Waals surface area contributed by atoms with E-state index in [1.807, 2.05) is 55.4 Å². The number of carbonyl (C=O) groups is 1. The fourth-order valence-electron chi connectivity index (χ4n) is 3.81. The minimum atomic E-state index is -0.690. The third-order valence-corrected chi connectivity index (χ3v) is 5.38. The van der Waals surface area contributed by atoms with Crippen molar-refractivity contribution in [3.8, 4) is 5.75 Å². The summed E-state index contributed by atoms with van der Waals surface area (Å²) in [5.41, 5.74) is 3.06. The number of rotatable bonds is 6. The zero-order chi connectivity index (χ0) is 22.1. The third kappa shape index (κ3) is 4.02. The Morgan fingerprint density at radius 2 is 1.77 bits per heavy atom. The van der Waals surface area contributed by atoms with E-state index in [9.17, 15) is 9.90 Å². The number of hydrogen-bond acceptors (Lipinski definition) is 6. The predicted molar refractivity (Wildman–Crippen MR) is 123 cm³/mol. The summed E-state index contributed by atoms with van der Waals surface area (Å²) in [7, 11) is 5.44. The van der Waals surface area contributed by atoms with Crippen LogP contribution in [0.25, 0.3) is 32.8 Å². The Morgan fingerprint density at radius 1 is 1.03 bits per heavy atom. The fourth-order valence-corrected chi connectivity index (χ4v) is 3.81. The van der Waals surface area contributed by atoms with Gasteiger partial charge in [-0.15, -0.1) is 0 Å². The Labute approximate surface area is 180 Å². The van der Waals surface area contributed by atoms with Crippen molar-refractivity contribution in [1.82, 2.24) is 20.2 Å². The molecule has 0 aliphatic carbocycles. The zero-order valence-corrected chi connectivity index (χ0v) is 18.1. The highest BCUT2D eigenvalue weighted by molar-refractivity contribution is 6.11. The first-order valence-electron chi connectivity index (χ1n) is 10.2. The summed E-state index contributed by atoms with van der Waals surface area (Å²) < 4.78 is 5.48. The number of fused-ring (bicyclic) bond motifs is 4. The first-order chi connectivity index (χ1) is 14.9. The van der Waals surface area contributed by atoms with E-state index in [1.165, 1.54) is 0 Å². The van der Waals surface area contributed by atoms with E-state index in [0.717, 1.165) is 22.0 Å². The van der Waals surface area contributed by atoms with Crippen LogP contribution in [0.15, 0.2) is 48.5 Å². The second kappa shape index (κ2) is 8.45. The lowest BCUT2D eigenvalue weighted by Crippen LogP contribution is -2.48. The Hall–Kier alpha value is -3.29. The molecule has 0 fully saturated rings. The molecule has 0 aliphatic rings. The molecule has 2 N–H and O–H groups in total. The van der Waals surface area contributed by atoms with Crippen LogP contribution in [-0.2, 0) is 0 Å². The van der Waals surface area contributed by atoms with Crippen molar-refractivity contribution in [2.75, 3.05) is 27.7 Å². The van der Waals surface area contributed by atoms with Gasteiger partial charge in [0.05, 0.1) is 41.4 Å². The monoisotopic (exact) mass is 418 g/mol. The summed E-state index contributed by atoms with van der Waals surface area (Å²) in [5.74, 6) is 0.473. The van der Waals surface area contributed by atoms with Gasteiger partial charge in [-0.1, -0.05) is 18.2 Å². The maximum atomic E-state index is 13.1. The van der Waals surface area contributed by atoms with E-state index in [0.29, 0.717) is 28.7 Å². The number of nitrogens with one attached hydrogen (secondary N) is 1. The van der Waals surface area contributed by atoms with Gasteiger partial charge >= 0.3 is 0 Å². The number of benzene rings is 3. The molecule has 4 aromatic rings. The first kappa shape index (κ1) is 21.0. The van der Waals surface area contributed by atoms with Gasteiger partial charge in [0.25, 0.3) is 5.91 Å². The van der Waals surface area contributed by atoms with Gasteiger partial charge < -0.3 is 20.1 Å². The van der Waals surface area contributed by atoms with Crippen LogP contribution in [0.1, 0.15) is 17.3 Å². The van der Waals surface area contributed by atoms with Crippen molar-refractivity contribution < 1.29 is 14.6 Å². The number of nitrogens with zero attached hydrogens (tertiary/aromatic N) is 3. The molecule has 7 heteroatoms. The van der Waals surface area contributed by atoms with Gasteiger partial charge in [0.15, 0.2) is 0 Å². The fraction of sp³-hybridized carbons (Fsp3) is 0.292. The molecule has 0 saturated heterocycles. The molecule has 1 unspecified atom stereocenters. The van der Waals surface area contributed by atoms with Crippen molar-refractivity contribution in [2.24, 2.45) is 0 Å². The molecule has 1 heterocycles. The van der Waals surface area contributed by atoms with Crippen molar-refractivity contribution in [1.29, 1.82) is 0 Å². The van der Waals surface area contributed by atoms with Crippen molar-refractivity contribution in [2.45, 2.75) is 19.1 Å². The quantitative estimate of drug-likeness (QED) is 0.370. The average molecular weight is 418 g/mol. The number of aromatic nitrogens is 2. The number of para-hydroxylation sites is 1. The first-order valence-corrected chi connectivity index (χ1v) is 10.2. The van der Waals surface area contributed by atoms with Gasteiger partial charge in [-0.2, -0.15) is 0 Å². The standard InChI is InChI=1S/C24H26N4O3/c1-14(29)20(13-28(2)3)26-24(30)17-8-5-9-18-23(17)27-22-16-7-6-10-21(31-4)15(16)11-12-19(22)25-18/h5-12,14,20,29H,13H2,1-4H3,(H,26,30)/t14?,20-/m0/s1. The summed E-state index contributed by atoms with van der Waals surface area (Å²) in [4.78, 5) is 24.7. The lowest BCUT2D eigenvalue weighted by atomic mass is 10.1. The molecule has 1 aromatic heterocycles. The van der Waals surface area contributed by atoms with Crippen molar-refractivity contribution >= 4 is 38.7 Å². The number of hydrogen-bond donors (Lipinski definition) is 2. The lowest BCUT2D eigenvalue weighted by Gasteiger charge is -2.24. The normalized spacial score (nSPS) is 13.6. The van der Waals surface area contributed by atoms with Crippen LogP contribution < -0.4 is 10.1 Å². The van der Waals surface area contributed by atoms with Gasteiger partial charge in [-0.3, -0.25) is 4.79 Å². The maximum absolute atomic E-state index is 13.1. The van der Waals surface area contributed by atoms with Crippen molar-refractivity contribution in [3.63, 3.8) is 0 Å². The largest absolute Gasteiger partial charge is 0.496 e. The van der Waals surface area contributed by atoms with Crippen LogP contribution in [0.5, 0.6) is 5.75 Å². The Bertz CT molecular complexity index is 1270. The molecule has 4 rings (SSSR count). The van der Waals surface area contributed by atoms with Gasteiger partial charge in [-0.05, 0) is 51.4 Å². The number of aliphatic hydroxyl groups excluding tert-OH is 1. The molecule has 1 amide bonds. The molecular formula is C24H26N4O3. The minimum Gasteiger partial charge on any atom is -0.496 e. The molecule has 0 bridgehead atoms. The molecule has 3 aromatic carbocycles. The molecular weight excluding hydrogens is 392 g/mol. The van der Waals surface area contributed by atoms with Crippen LogP contribution in [0.4, 0.5) is 0 Å². The SMILES string of the molecule is COc1cccc2c1ccc1nc3cccc(C(=O)N[C@@H](CN(C)C)C(C)O)c3nc12. The van der Waals surface area contributed by atoms with Crippen LogP contribution in [0.2, 0.25) is 0 Å². The number of carbonyl (C=O) groups excluding carboxylic acids is 1. The predicted octanol–water partition coefficient (Wildman–Crippen LogP) is 2.99. The Kier molecular flexibility index (Phi) is 5.71. The van der Waals surface area contributed by atoms with Gasteiger partial charge in [-0.25, -0.2) is 9.97 Å². The lowest BCUT2D eigenvalue weighted by molar-refractivity contribution is 0.0828. The van der Waals surface area contributed by atoms with Crippen LogP contribution >= 0.6 is 0 Å². The van der Waals surface area contributed by atoms with E-state index >= 15 is 0 Å². The van der Waals surface area contributed by atoms with E-state index in [2.05, 4.69) is 5.32 Å². The summed E-state index contributed by atoms with van der Waals surface area (Å²) in [5, 5.41) is 14.9. The molecule has 0 radical (unpaired) electrons. The summed E-state index contributed by atoms with van der Waals surface area (Å²) in [6.07, 6.45) is -0.690. The minimum absolute atomic E-state index is 0.287. The van der Waals surface area contributed by atoms with E-state index in [-0.39, 0.29) is 5.91 Å². The number of ether oxygens (including phenoxy) is 1. The highest BCUT2D eigenvalue weighted by Gasteiger charge is 2.21. The summed E-state index contributed by atoms with van der Waals surface area (Å²) in [6, 6.07) is 14.7. The third-order valence-electron chi connectivity index (χ3n) is 5.38. The highest BCUT2D eigenvalue weighted by atomic mass is 16.5. The molecule has 0 spiro atoms. The van der Waals surface area contributed by atoms with E-state index in [4.69, 9.17) is 14.7 Å². The van der Waals surface area contributed by atoms with Crippen LogP contribution in [0.3, 0.4) is 0 Å². The van der Waals surface area contributed by atoms with E-state index in [1.54, 1.807) is 26.2 Å². The highest BCUT2D eigenvalue weighted by Crippen LogP contribution is 2.31. The second-order valence-electron chi connectivity index (χ2n) is 7.97. The van der Waals surface area contributed by atoms with E-state index < -0.39 is 12.1 Å². The Balaban J connectivity index is 1.85. The molecule has 0 saturated carbocycles. The summed E-state index contributed by atoms with van der Waals surface area (Å²) >= 11 is 0. The molecule has 2 atom stereocenters. The number of methoxy groups -OCH3 is 1. The Morgan fingerprint density at radius 3 is 2.48 bits per heavy atom. The summed E-state index contributed by atoms with van der Waals surface area (Å²) in [6.45, 7) is 2.19.